The molecule has 0 saturated heterocycles. The lowest BCUT2D eigenvalue weighted by molar-refractivity contribution is -0.385. The second-order valence-corrected chi connectivity index (χ2v) is 4.54. The zero-order chi connectivity index (χ0) is 14.6. The largest absolute Gasteiger partial charge is 0.330 e. The molecular weight excluding hydrogens is 246 g/mol. The maximum absolute atomic E-state index is 11.9. The Bertz CT molecular complexity index is 496. The first-order valence-corrected chi connectivity index (χ1v) is 6.17. The first kappa shape index (κ1) is 15.1. The second kappa shape index (κ2) is 6.29. The van der Waals surface area contributed by atoms with Crippen molar-refractivity contribution in [3.63, 3.8) is 0 Å². The van der Waals surface area contributed by atoms with E-state index in [9.17, 15) is 14.9 Å². The van der Waals surface area contributed by atoms with Gasteiger partial charge in [-0.15, -0.1) is 0 Å². The fourth-order valence-corrected chi connectivity index (χ4v) is 1.87. The van der Waals surface area contributed by atoms with Gasteiger partial charge in [-0.3, -0.25) is 14.9 Å². The minimum atomic E-state index is -0.454. The lowest BCUT2D eigenvalue weighted by Crippen LogP contribution is -2.28. The number of rotatable bonds is 5. The van der Waals surface area contributed by atoms with Crippen LogP contribution in [0.15, 0.2) is 12.1 Å². The van der Waals surface area contributed by atoms with Crippen LogP contribution in [0.25, 0.3) is 0 Å². The molecule has 0 fully saturated rings. The first-order chi connectivity index (χ1) is 8.90. The number of nitro groups is 1. The molecule has 19 heavy (non-hydrogen) atoms. The molecule has 0 bridgehead atoms. The van der Waals surface area contributed by atoms with Crippen LogP contribution in [0.5, 0.6) is 0 Å². The highest BCUT2D eigenvalue weighted by atomic mass is 16.6. The van der Waals surface area contributed by atoms with E-state index in [2.05, 4.69) is 5.32 Å². The average molecular weight is 265 g/mol. The standard InChI is InChI=1S/C13H19N3O3/c1-4-10(7-14)13(17)15-11-6-12(16(18)19)9(3)5-8(11)2/h5-6,10H,4,7,14H2,1-3H3,(H,15,17). The molecule has 1 aromatic rings. The number of hydrogen-bond acceptors (Lipinski definition) is 4. The molecule has 1 atom stereocenters. The third-order valence-electron chi connectivity index (χ3n) is 3.15. The summed E-state index contributed by atoms with van der Waals surface area (Å²) in [6.07, 6.45) is 0.634. The lowest BCUT2D eigenvalue weighted by Gasteiger charge is -2.14. The van der Waals surface area contributed by atoms with Crippen LogP contribution in [0.1, 0.15) is 24.5 Å². The van der Waals surface area contributed by atoms with Crippen molar-refractivity contribution in [1.82, 2.24) is 0 Å². The maximum Gasteiger partial charge on any atom is 0.274 e. The monoisotopic (exact) mass is 265 g/mol. The van der Waals surface area contributed by atoms with E-state index in [-0.39, 0.29) is 24.1 Å². The molecule has 0 aliphatic rings. The van der Waals surface area contributed by atoms with E-state index in [4.69, 9.17) is 5.73 Å². The van der Waals surface area contributed by atoms with Crippen LogP contribution in [-0.4, -0.2) is 17.4 Å². The summed E-state index contributed by atoms with van der Waals surface area (Å²) in [5.74, 6) is -0.481. The molecule has 0 saturated carbocycles. The Morgan fingerprint density at radius 1 is 1.42 bits per heavy atom. The summed E-state index contributed by atoms with van der Waals surface area (Å²) in [5.41, 5.74) is 7.35. The molecule has 3 N–H and O–H groups in total. The fourth-order valence-electron chi connectivity index (χ4n) is 1.87. The molecule has 1 unspecified atom stereocenters. The van der Waals surface area contributed by atoms with E-state index < -0.39 is 4.92 Å². The van der Waals surface area contributed by atoms with Gasteiger partial charge in [0.25, 0.3) is 5.69 Å². The molecule has 104 valence electrons. The Labute approximate surface area is 112 Å². The van der Waals surface area contributed by atoms with Gasteiger partial charge in [0.05, 0.1) is 16.5 Å². The summed E-state index contributed by atoms with van der Waals surface area (Å²) in [4.78, 5) is 22.4. The number of nitro benzene ring substituents is 1. The Kier molecular flexibility index (Phi) is 5.00. The normalized spacial score (nSPS) is 12.0. The Hall–Kier alpha value is -1.95. The molecule has 1 rings (SSSR count). The number of hydrogen-bond donors (Lipinski definition) is 2. The van der Waals surface area contributed by atoms with Crippen molar-refractivity contribution in [3.05, 3.63) is 33.4 Å². The molecule has 0 radical (unpaired) electrons. The molecule has 0 aromatic heterocycles. The van der Waals surface area contributed by atoms with Gasteiger partial charge in [-0.1, -0.05) is 6.92 Å². The number of carbonyl (C=O) groups is 1. The SMILES string of the molecule is CCC(CN)C(=O)Nc1cc([N+](=O)[O-])c(C)cc1C. The molecule has 0 aliphatic carbocycles. The van der Waals surface area contributed by atoms with Gasteiger partial charge < -0.3 is 11.1 Å². The van der Waals surface area contributed by atoms with Crippen LogP contribution >= 0.6 is 0 Å². The van der Waals surface area contributed by atoms with Crippen molar-refractivity contribution in [2.75, 3.05) is 11.9 Å². The zero-order valence-electron chi connectivity index (χ0n) is 11.4. The van der Waals surface area contributed by atoms with Crippen LogP contribution in [0.3, 0.4) is 0 Å². The number of anilines is 1. The Morgan fingerprint density at radius 3 is 2.53 bits per heavy atom. The minimum absolute atomic E-state index is 0.00157. The van der Waals surface area contributed by atoms with Crippen LogP contribution in [-0.2, 0) is 4.79 Å². The van der Waals surface area contributed by atoms with Crippen molar-refractivity contribution in [2.24, 2.45) is 11.7 Å². The van der Waals surface area contributed by atoms with Crippen LogP contribution in [0, 0.1) is 29.9 Å². The Morgan fingerprint density at radius 2 is 2.05 bits per heavy atom. The van der Waals surface area contributed by atoms with Gasteiger partial charge in [0.1, 0.15) is 0 Å². The quantitative estimate of drug-likeness (QED) is 0.629. The summed E-state index contributed by atoms with van der Waals surface area (Å²) in [7, 11) is 0. The number of benzene rings is 1. The number of nitrogens with one attached hydrogen (secondary N) is 1. The molecule has 6 nitrogen and oxygen atoms in total. The van der Waals surface area contributed by atoms with E-state index in [0.29, 0.717) is 17.7 Å². The van der Waals surface area contributed by atoms with E-state index in [1.807, 2.05) is 6.92 Å². The molecule has 1 aromatic carbocycles. The van der Waals surface area contributed by atoms with Crippen molar-refractivity contribution >= 4 is 17.3 Å². The smallest absolute Gasteiger partial charge is 0.274 e. The van der Waals surface area contributed by atoms with Crippen LogP contribution < -0.4 is 11.1 Å². The van der Waals surface area contributed by atoms with Gasteiger partial charge in [-0.25, -0.2) is 0 Å². The molecule has 0 heterocycles. The number of amides is 1. The lowest BCUT2D eigenvalue weighted by atomic mass is 10.0. The third-order valence-corrected chi connectivity index (χ3v) is 3.15. The minimum Gasteiger partial charge on any atom is -0.330 e. The van der Waals surface area contributed by atoms with E-state index >= 15 is 0 Å². The van der Waals surface area contributed by atoms with Crippen molar-refractivity contribution in [1.29, 1.82) is 0 Å². The summed E-state index contributed by atoms with van der Waals surface area (Å²) in [6.45, 7) is 5.61. The Balaban J connectivity index is 3.04. The predicted octanol–water partition coefficient (Wildman–Crippen LogP) is 2.14. The highest BCUT2D eigenvalue weighted by Crippen LogP contribution is 2.26. The molecular formula is C13H19N3O3. The van der Waals surface area contributed by atoms with Crippen molar-refractivity contribution < 1.29 is 9.72 Å². The van der Waals surface area contributed by atoms with E-state index in [1.54, 1.807) is 19.9 Å². The second-order valence-electron chi connectivity index (χ2n) is 4.54. The molecule has 0 spiro atoms. The maximum atomic E-state index is 11.9. The summed E-state index contributed by atoms with van der Waals surface area (Å²) >= 11 is 0. The van der Waals surface area contributed by atoms with Crippen molar-refractivity contribution in [3.8, 4) is 0 Å². The molecule has 1 amide bonds. The highest BCUT2D eigenvalue weighted by molar-refractivity contribution is 5.93. The number of carbonyl (C=O) groups excluding carboxylic acids is 1. The average Bonchev–Trinajstić information content (AvgIpc) is 2.33. The molecule has 6 heteroatoms. The van der Waals surface area contributed by atoms with Gasteiger partial charge in [0, 0.05) is 18.2 Å². The topological polar surface area (TPSA) is 98.3 Å². The van der Waals surface area contributed by atoms with E-state index in [0.717, 1.165) is 5.56 Å². The predicted molar refractivity (Wildman–Crippen MR) is 74.0 cm³/mol. The number of aryl methyl sites for hydroxylation is 2. The number of nitrogens with two attached hydrogens (primary N) is 1. The zero-order valence-corrected chi connectivity index (χ0v) is 11.4. The van der Waals surface area contributed by atoms with Gasteiger partial charge in [0.2, 0.25) is 5.91 Å². The summed E-state index contributed by atoms with van der Waals surface area (Å²) < 4.78 is 0. The van der Waals surface area contributed by atoms with Crippen molar-refractivity contribution in [2.45, 2.75) is 27.2 Å². The highest BCUT2D eigenvalue weighted by Gasteiger charge is 2.18. The van der Waals surface area contributed by atoms with Crippen LogP contribution in [0.4, 0.5) is 11.4 Å². The van der Waals surface area contributed by atoms with Gasteiger partial charge in [0.15, 0.2) is 0 Å². The summed E-state index contributed by atoms with van der Waals surface area (Å²) in [6, 6.07) is 3.09. The van der Waals surface area contributed by atoms with Gasteiger partial charge in [-0.05, 0) is 31.9 Å². The number of nitrogens with zero attached hydrogens (tertiary/aromatic N) is 1. The van der Waals surface area contributed by atoms with E-state index in [1.165, 1.54) is 6.07 Å². The van der Waals surface area contributed by atoms with Gasteiger partial charge in [-0.2, -0.15) is 0 Å². The van der Waals surface area contributed by atoms with Gasteiger partial charge >= 0.3 is 0 Å². The third kappa shape index (κ3) is 3.51. The van der Waals surface area contributed by atoms with Crippen LogP contribution in [0.2, 0.25) is 0 Å². The molecule has 0 aliphatic heterocycles. The fraction of sp³-hybridized carbons (Fsp3) is 0.462. The summed E-state index contributed by atoms with van der Waals surface area (Å²) in [5, 5.41) is 13.6. The first-order valence-electron chi connectivity index (χ1n) is 6.17.